The van der Waals surface area contributed by atoms with Crippen LogP contribution in [0.1, 0.15) is 16.3 Å². The van der Waals surface area contributed by atoms with E-state index in [0.717, 1.165) is 0 Å². The average molecular weight is 236 g/mol. The first-order valence-corrected chi connectivity index (χ1v) is 5.24. The second-order valence-corrected chi connectivity index (χ2v) is 3.92. The molecule has 82 valence electrons. The lowest BCUT2D eigenvalue weighted by molar-refractivity contribution is 0.0691. The molecular weight excluding hydrogens is 228 g/mol. The molecule has 0 aliphatic rings. The van der Waals surface area contributed by atoms with Crippen molar-refractivity contribution in [2.24, 2.45) is 0 Å². The number of aromatic carboxylic acids is 1. The normalized spacial score (nSPS) is 10.3. The Hall–Kier alpha value is -2.02. The zero-order chi connectivity index (χ0) is 11.7. The van der Waals surface area contributed by atoms with Crippen molar-refractivity contribution in [3.05, 3.63) is 23.1 Å². The zero-order valence-electron chi connectivity index (χ0n) is 8.34. The van der Waals surface area contributed by atoms with Crippen molar-refractivity contribution in [2.75, 3.05) is 5.73 Å². The number of nitrogens with two attached hydrogens (primary N) is 1. The summed E-state index contributed by atoms with van der Waals surface area (Å²) in [6.07, 6.45) is 1.54. The van der Waals surface area contributed by atoms with E-state index in [1.165, 1.54) is 16.7 Å². The molecule has 7 heteroatoms. The van der Waals surface area contributed by atoms with E-state index in [1.807, 2.05) is 0 Å². The second kappa shape index (κ2) is 3.86. The first-order chi connectivity index (χ1) is 7.58. The summed E-state index contributed by atoms with van der Waals surface area (Å²) in [5, 5.41) is 10.7. The highest BCUT2D eigenvalue weighted by Crippen LogP contribution is 2.26. The van der Waals surface area contributed by atoms with Crippen LogP contribution >= 0.6 is 11.3 Å². The zero-order valence-corrected chi connectivity index (χ0v) is 9.15. The Morgan fingerprint density at radius 2 is 2.25 bits per heavy atom. The third-order valence-corrected chi connectivity index (χ3v) is 2.77. The van der Waals surface area contributed by atoms with Gasteiger partial charge in [-0.2, -0.15) is 0 Å². The molecule has 0 bridgehead atoms. The third kappa shape index (κ3) is 1.84. The summed E-state index contributed by atoms with van der Waals surface area (Å²) in [4.78, 5) is 22.6. The topological polar surface area (TPSA) is 102 Å². The van der Waals surface area contributed by atoms with E-state index in [1.54, 1.807) is 13.1 Å². The minimum atomic E-state index is -1.06. The monoisotopic (exact) mass is 236 g/mol. The molecule has 2 heterocycles. The van der Waals surface area contributed by atoms with E-state index in [0.29, 0.717) is 22.2 Å². The lowest BCUT2D eigenvalue weighted by atomic mass is 10.3. The number of carboxylic acid groups (broad SMARTS) is 1. The fourth-order valence-electron chi connectivity index (χ4n) is 1.15. The molecular formula is C9H8N4O2S. The molecule has 0 saturated heterocycles. The number of anilines is 1. The molecule has 6 nitrogen and oxygen atoms in total. The molecule has 0 saturated carbocycles. The molecule has 2 aromatic rings. The highest BCUT2D eigenvalue weighted by molar-refractivity contribution is 7.13. The maximum absolute atomic E-state index is 10.7. The Kier molecular flexibility index (Phi) is 2.53. The summed E-state index contributed by atoms with van der Waals surface area (Å²) < 4.78 is 0. The number of carbonyl (C=O) groups is 1. The Labute approximate surface area is 94.8 Å². The van der Waals surface area contributed by atoms with Crippen LogP contribution in [-0.4, -0.2) is 26.0 Å². The molecule has 0 atom stereocenters. The van der Waals surface area contributed by atoms with E-state index < -0.39 is 5.97 Å². The summed E-state index contributed by atoms with van der Waals surface area (Å²) in [7, 11) is 0. The van der Waals surface area contributed by atoms with Crippen molar-refractivity contribution >= 4 is 23.1 Å². The van der Waals surface area contributed by atoms with Crippen molar-refractivity contribution in [2.45, 2.75) is 6.92 Å². The number of hydrogen-bond acceptors (Lipinski definition) is 6. The lowest BCUT2D eigenvalue weighted by Crippen LogP contribution is -1.99. The van der Waals surface area contributed by atoms with E-state index in [-0.39, 0.29) is 5.69 Å². The van der Waals surface area contributed by atoms with Crippen LogP contribution in [0.4, 0.5) is 5.82 Å². The van der Waals surface area contributed by atoms with Gasteiger partial charge in [-0.1, -0.05) is 0 Å². The summed E-state index contributed by atoms with van der Waals surface area (Å²) in [5.74, 6) is -0.191. The van der Waals surface area contributed by atoms with Gasteiger partial charge in [-0.15, -0.1) is 11.3 Å². The number of aryl methyl sites for hydroxylation is 1. The molecule has 0 aliphatic heterocycles. The predicted octanol–water partition coefficient (Wildman–Crippen LogP) is 1.19. The van der Waals surface area contributed by atoms with Crippen LogP contribution < -0.4 is 5.73 Å². The number of thiazole rings is 1. The molecule has 0 aliphatic carbocycles. The van der Waals surface area contributed by atoms with Crippen molar-refractivity contribution in [1.82, 2.24) is 15.0 Å². The van der Waals surface area contributed by atoms with Gasteiger partial charge in [-0.25, -0.2) is 19.7 Å². The Morgan fingerprint density at radius 3 is 2.81 bits per heavy atom. The van der Waals surface area contributed by atoms with Crippen molar-refractivity contribution < 1.29 is 9.90 Å². The molecule has 0 unspecified atom stereocenters. The second-order valence-electron chi connectivity index (χ2n) is 3.06. The standard InChI is InChI=1S/C9H8N4O2S/c1-4-11-2-5(7(10)12-4)8-13-6(3-16-8)9(14)15/h2-3H,1H3,(H,14,15)(H2,10,11,12). The van der Waals surface area contributed by atoms with E-state index in [9.17, 15) is 4.79 Å². The van der Waals surface area contributed by atoms with Crippen molar-refractivity contribution in [3.63, 3.8) is 0 Å². The van der Waals surface area contributed by atoms with E-state index >= 15 is 0 Å². The Bertz CT molecular complexity index is 552. The predicted molar refractivity (Wildman–Crippen MR) is 59.2 cm³/mol. The Morgan fingerprint density at radius 1 is 1.50 bits per heavy atom. The molecule has 0 amide bonds. The number of aromatic nitrogens is 3. The summed E-state index contributed by atoms with van der Waals surface area (Å²) in [6.45, 7) is 1.73. The van der Waals surface area contributed by atoms with Gasteiger partial charge in [-0.05, 0) is 6.92 Å². The van der Waals surface area contributed by atoms with Crippen molar-refractivity contribution in [1.29, 1.82) is 0 Å². The van der Waals surface area contributed by atoms with Crippen LogP contribution in [0.2, 0.25) is 0 Å². The summed E-state index contributed by atoms with van der Waals surface area (Å²) in [6, 6.07) is 0. The van der Waals surface area contributed by atoms with Crippen LogP contribution in [0.5, 0.6) is 0 Å². The molecule has 0 radical (unpaired) electrons. The fourth-order valence-corrected chi connectivity index (χ4v) is 1.96. The van der Waals surface area contributed by atoms with Gasteiger partial charge in [0.25, 0.3) is 0 Å². The quantitative estimate of drug-likeness (QED) is 0.811. The van der Waals surface area contributed by atoms with Gasteiger partial charge in [0.05, 0.1) is 5.56 Å². The molecule has 0 spiro atoms. The largest absolute Gasteiger partial charge is 0.476 e. The molecule has 0 aromatic carbocycles. The molecule has 0 fully saturated rings. The highest BCUT2D eigenvalue weighted by atomic mass is 32.1. The number of nitrogens with zero attached hydrogens (tertiary/aromatic N) is 3. The van der Waals surface area contributed by atoms with Gasteiger partial charge < -0.3 is 10.8 Å². The smallest absolute Gasteiger partial charge is 0.355 e. The summed E-state index contributed by atoms with van der Waals surface area (Å²) >= 11 is 1.20. The molecule has 2 aromatic heterocycles. The van der Waals surface area contributed by atoms with Crippen LogP contribution in [0, 0.1) is 6.92 Å². The molecule has 3 N–H and O–H groups in total. The number of rotatable bonds is 2. The SMILES string of the molecule is Cc1ncc(-c2nc(C(=O)O)cs2)c(N)n1. The van der Waals surface area contributed by atoms with Gasteiger partial charge in [0.1, 0.15) is 16.6 Å². The van der Waals surface area contributed by atoms with Crippen LogP contribution in [0.25, 0.3) is 10.6 Å². The minimum Gasteiger partial charge on any atom is -0.476 e. The van der Waals surface area contributed by atoms with Crippen LogP contribution in [0.15, 0.2) is 11.6 Å². The molecule has 16 heavy (non-hydrogen) atoms. The highest BCUT2D eigenvalue weighted by Gasteiger charge is 2.13. The van der Waals surface area contributed by atoms with Crippen LogP contribution in [0.3, 0.4) is 0 Å². The first kappa shape index (κ1) is 10.5. The van der Waals surface area contributed by atoms with Gasteiger partial charge in [0.15, 0.2) is 5.69 Å². The van der Waals surface area contributed by atoms with Gasteiger partial charge in [-0.3, -0.25) is 0 Å². The fraction of sp³-hybridized carbons (Fsp3) is 0.111. The third-order valence-electron chi connectivity index (χ3n) is 1.89. The van der Waals surface area contributed by atoms with E-state index in [4.69, 9.17) is 10.8 Å². The lowest BCUT2D eigenvalue weighted by Gasteiger charge is -2.00. The minimum absolute atomic E-state index is 0.0000231. The maximum Gasteiger partial charge on any atom is 0.355 e. The first-order valence-electron chi connectivity index (χ1n) is 4.36. The summed E-state index contributed by atoms with van der Waals surface area (Å²) in [5.41, 5.74) is 6.27. The number of hydrogen-bond donors (Lipinski definition) is 2. The van der Waals surface area contributed by atoms with Crippen molar-refractivity contribution in [3.8, 4) is 10.6 Å². The van der Waals surface area contributed by atoms with Crippen LogP contribution in [-0.2, 0) is 0 Å². The van der Waals surface area contributed by atoms with Gasteiger partial charge >= 0.3 is 5.97 Å². The maximum atomic E-state index is 10.7. The van der Waals surface area contributed by atoms with Gasteiger partial charge in [0.2, 0.25) is 0 Å². The number of carboxylic acids is 1. The number of nitrogen functional groups attached to an aromatic ring is 1. The average Bonchev–Trinajstić information content (AvgIpc) is 2.66. The van der Waals surface area contributed by atoms with E-state index in [2.05, 4.69) is 15.0 Å². The molecule has 2 rings (SSSR count). The Balaban J connectivity index is 2.46. The van der Waals surface area contributed by atoms with Gasteiger partial charge in [0, 0.05) is 11.6 Å².